The van der Waals surface area contributed by atoms with Crippen molar-refractivity contribution >= 4 is 29.6 Å². The number of para-hydroxylation sites is 2. The van der Waals surface area contributed by atoms with Gasteiger partial charge in [0.15, 0.2) is 11.4 Å². The quantitative estimate of drug-likeness (QED) is 0.571. The molecular formula is C9H18NOSn+. The number of quaternary nitrogens is 1. The Bertz CT molecular complexity index is 255. The minimum absolute atomic E-state index is 0. The molecule has 0 radical (unpaired) electrons. The van der Waals surface area contributed by atoms with E-state index in [1.54, 1.807) is 6.07 Å². The number of phenols is 1. The molecule has 1 aromatic carbocycles. The number of aromatic hydroxyl groups is 1. The third kappa shape index (κ3) is 2.68. The Morgan fingerprint density at radius 1 is 1.08 bits per heavy atom. The van der Waals surface area contributed by atoms with Crippen LogP contribution in [-0.2, 0) is 0 Å². The Labute approximate surface area is 90.4 Å². The molecule has 0 spiro atoms. The molecule has 0 saturated heterocycles. The average molecular weight is 275 g/mol. The normalized spacial score (nSPS) is 10.6. The molecule has 0 aliphatic carbocycles. The third-order valence-corrected chi connectivity index (χ3v) is 1.60. The van der Waals surface area contributed by atoms with Gasteiger partial charge in [0.2, 0.25) is 0 Å². The van der Waals surface area contributed by atoms with E-state index in [1.165, 1.54) is 0 Å². The average Bonchev–Trinajstić information content (AvgIpc) is 1.86. The topological polar surface area (TPSA) is 20.2 Å². The summed E-state index contributed by atoms with van der Waals surface area (Å²) in [7, 11) is 6.07. The van der Waals surface area contributed by atoms with E-state index in [-0.39, 0.29) is 23.9 Å². The fourth-order valence-electron chi connectivity index (χ4n) is 1.03. The van der Waals surface area contributed by atoms with Crippen molar-refractivity contribution in [2.24, 2.45) is 0 Å². The van der Waals surface area contributed by atoms with Crippen LogP contribution in [0.5, 0.6) is 5.75 Å². The van der Waals surface area contributed by atoms with Gasteiger partial charge in [0.05, 0.1) is 21.1 Å². The van der Waals surface area contributed by atoms with Crippen molar-refractivity contribution in [2.75, 3.05) is 21.1 Å². The number of nitrogens with zero attached hydrogens (tertiary/aromatic N) is 1. The van der Waals surface area contributed by atoms with E-state index in [2.05, 4.69) is 0 Å². The van der Waals surface area contributed by atoms with Gasteiger partial charge < -0.3 is 5.11 Å². The van der Waals surface area contributed by atoms with Crippen LogP contribution in [0, 0.1) is 0 Å². The monoisotopic (exact) mass is 276 g/mol. The molecule has 0 fully saturated rings. The summed E-state index contributed by atoms with van der Waals surface area (Å²) in [6, 6.07) is 7.39. The first-order valence-corrected chi connectivity index (χ1v) is 3.62. The first-order valence-electron chi connectivity index (χ1n) is 3.62. The van der Waals surface area contributed by atoms with Gasteiger partial charge in [-0.25, -0.2) is 0 Å². The number of hydrogen-bond donors (Lipinski definition) is 1. The standard InChI is InChI=1S/C9H13NO.Sn.4H/c1-10(2,3)8-6-4-5-7-9(8)11;;;;;/h4-7H,1-3H3;;;;;/p+1. The maximum absolute atomic E-state index is 9.43. The summed E-state index contributed by atoms with van der Waals surface area (Å²) in [5.74, 6) is 0.361. The Hall–Kier alpha value is -0.221. The molecule has 1 N–H and O–H groups in total. The molecule has 0 aliphatic heterocycles. The van der Waals surface area contributed by atoms with Gasteiger partial charge in [0, 0.05) is 6.07 Å². The van der Waals surface area contributed by atoms with Crippen molar-refractivity contribution in [1.82, 2.24) is 4.48 Å². The Balaban J connectivity index is 0.00000121. The van der Waals surface area contributed by atoms with Gasteiger partial charge in [-0.1, -0.05) is 12.1 Å². The van der Waals surface area contributed by atoms with Crippen LogP contribution >= 0.6 is 0 Å². The van der Waals surface area contributed by atoms with Crippen LogP contribution in [0.25, 0.3) is 0 Å². The summed E-state index contributed by atoms with van der Waals surface area (Å²) in [5, 5.41) is 9.43. The van der Waals surface area contributed by atoms with Crippen LogP contribution in [0.15, 0.2) is 24.3 Å². The zero-order valence-electron chi connectivity index (χ0n) is 7.20. The summed E-state index contributed by atoms with van der Waals surface area (Å²) in [6.07, 6.45) is 0. The van der Waals surface area contributed by atoms with Crippen molar-refractivity contribution < 1.29 is 5.11 Å². The molecule has 0 bridgehead atoms. The maximum atomic E-state index is 9.43. The zero-order valence-corrected chi connectivity index (χ0v) is 7.20. The van der Waals surface area contributed by atoms with E-state index in [4.69, 9.17) is 0 Å². The van der Waals surface area contributed by atoms with E-state index >= 15 is 0 Å². The number of hydrogen-bond acceptors (Lipinski definition) is 1. The first-order chi connectivity index (χ1) is 5.02. The van der Waals surface area contributed by atoms with Crippen LogP contribution in [0.1, 0.15) is 0 Å². The molecule has 2 nitrogen and oxygen atoms in total. The van der Waals surface area contributed by atoms with Gasteiger partial charge in [0.25, 0.3) is 0 Å². The molecule has 1 rings (SSSR count). The Kier molecular flexibility index (Phi) is 4.06. The zero-order chi connectivity index (χ0) is 8.48. The SMILES string of the molecule is C[N+](C)(C)c1ccccc1O.[SnH4]. The molecule has 0 aromatic heterocycles. The van der Waals surface area contributed by atoms with Crippen molar-refractivity contribution in [2.45, 2.75) is 0 Å². The molecule has 0 unspecified atom stereocenters. The number of rotatable bonds is 1. The van der Waals surface area contributed by atoms with Gasteiger partial charge in [0.1, 0.15) is 0 Å². The summed E-state index contributed by atoms with van der Waals surface area (Å²) in [5.41, 5.74) is 0.938. The van der Waals surface area contributed by atoms with Crippen LogP contribution in [0.2, 0.25) is 0 Å². The van der Waals surface area contributed by atoms with Crippen molar-refractivity contribution in [3.63, 3.8) is 0 Å². The predicted octanol–water partition coefficient (Wildman–Crippen LogP) is 0.137. The van der Waals surface area contributed by atoms with E-state index in [1.807, 2.05) is 39.3 Å². The van der Waals surface area contributed by atoms with Crippen LogP contribution in [0.3, 0.4) is 0 Å². The van der Waals surface area contributed by atoms with E-state index in [0.717, 1.165) is 5.69 Å². The fraction of sp³-hybridized carbons (Fsp3) is 0.333. The summed E-state index contributed by atoms with van der Waals surface area (Å²) in [6.45, 7) is 0. The van der Waals surface area contributed by atoms with Crippen molar-refractivity contribution in [3.05, 3.63) is 24.3 Å². The molecule has 0 heterocycles. The molecular weight excluding hydrogens is 257 g/mol. The van der Waals surface area contributed by atoms with Gasteiger partial charge in [-0.15, -0.1) is 0 Å². The summed E-state index contributed by atoms with van der Waals surface area (Å²) in [4.78, 5) is 0. The predicted molar refractivity (Wildman–Crippen MR) is 59.0 cm³/mol. The van der Waals surface area contributed by atoms with Gasteiger partial charge in [-0.2, -0.15) is 0 Å². The minimum atomic E-state index is 0. The molecule has 0 saturated carbocycles. The van der Waals surface area contributed by atoms with Crippen LogP contribution in [-0.4, -0.2) is 50.2 Å². The second-order valence-electron chi connectivity index (χ2n) is 3.50. The molecule has 0 atom stereocenters. The first kappa shape index (κ1) is 11.8. The Morgan fingerprint density at radius 2 is 1.58 bits per heavy atom. The molecule has 68 valence electrons. The number of benzene rings is 1. The number of phenolic OH excluding ortho intramolecular Hbond substituents is 1. The molecule has 12 heavy (non-hydrogen) atoms. The van der Waals surface area contributed by atoms with Crippen LogP contribution in [0.4, 0.5) is 5.69 Å². The van der Waals surface area contributed by atoms with Gasteiger partial charge in [-0.3, -0.25) is 4.48 Å². The van der Waals surface area contributed by atoms with Crippen LogP contribution < -0.4 is 4.48 Å². The Morgan fingerprint density at radius 3 is 1.92 bits per heavy atom. The van der Waals surface area contributed by atoms with Crippen molar-refractivity contribution in [3.8, 4) is 5.75 Å². The molecule has 1 aromatic rings. The van der Waals surface area contributed by atoms with E-state index in [9.17, 15) is 5.11 Å². The van der Waals surface area contributed by atoms with E-state index in [0.29, 0.717) is 10.2 Å². The summed E-state index contributed by atoms with van der Waals surface area (Å²) < 4.78 is 0.646. The summed E-state index contributed by atoms with van der Waals surface area (Å²) >= 11 is 0. The fourth-order valence-corrected chi connectivity index (χ4v) is 1.03. The van der Waals surface area contributed by atoms with Gasteiger partial charge >= 0.3 is 23.9 Å². The molecule has 3 heteroatoms. The van der Waals surface area contributed by atoms with E-state index < -0.39 is 0 Å². The van der Waals surface area contributed by atoms with Crippen molar-refractivity contribution in [1.29, 1.82) is 0 Å². The third-order valence-electron chi connectivity index (χ3n) is 1.60. The molecule has 0 amide bonds. The van der Waals surface area contributed by atoms with Gasteiger partial charge in [-0.05, 0) is 6.07 Å². The second-order valence-corrected chi connectivity index (χ2v) is 3.50. The molecule has 0 aliphatic rings. The second kappa shape index (κ2) is 4.14.